The molecule has 0 atom stereocenters. The highest BCUT2D eigenvalue weighted by atomic mass is 32.2. The molecule has 1 fully saturated rings. The molecule has 2 aromatic rings. The number of anilines is 1. The van der Waals surface area contributed by atoms with Gasteiger partial charge in [-0.25, -0.2) is 8.42 Å². The van der Waals surface area contributed by atoms with Crippen molar-refractivity contribution in [2.45, 2.75) is 50.6 Å². The third-order valence-corrected chi connectivity index (χ3v) is 7.96. The lowest BCUT2D eigenvalue weighted by Crippen LogP contribution is -2.33. The van der Waals surface area contributed by atoms with Crippen LogP contribution in [0.15, 0.2) is 47.4 Å². The maximum absolute atomic E-state index is 13.0. The predicted molar refractivity (Wildman–Crippen MR) is 127 cm³/mol. The summed E-state index contributed by atoms with van der Waals surface area (Å²) in [5.41, 5.74) is 1.55. The molecule has 1 aliphatic rings. The fourth-order valence-electron chi connectivity index (χ4n) is 3.73. The van der Waals surface area contributed by atoms with E-state index < -0.39 is 20.9 Å². The summed E-state index contributed by atoms with van der Waals surface area (Å²) in [5.74, 6) is -0.407. The fourth-order valence-corrected chi connectivity index (χ4v) is 5.10. The van der Waals surface area contributed by atoms with Crippen molar-refractivity contribution in [2.24, 2.45) is 0 Å². The Hall–Kier alpha value is -2.98. The van der Waals surface area contributed by atoms with E-state index in [1.165, 1.54) is 35.6 Å². The molecule has 0 saturated carbocycles. The van der Waals surface area contributed by atoms with Crippen LogP contribution in [0.5, 0.6) is 0 Å². The zero-order chi connectivity index (χ0) is 24.2. The van der Waals surface area contributed by atoms with Crippen molar-refractivity contribution in [3.63, 3.8) is 0 Å². The minimum atomic E-state index is -3.58. The van der Waals surface area contributed by atoms with Crippen molar-refractivity contribution >= 4 is 27.3 Å². The lowest BCUT2D eigenvalue weighted by molar-refractivity contribution is -0.384. The molecule has 1 N–H and O–H groups in total. The highest BCUT2D eigenvalue weighted by molar-refractivity contribution is 7.89. The Morgan fingerprint density at radius 3 is 2.33 bits per heavy atom. The highest BCUT2D eigenvalue weighted by Crippen LogP contribution is 2.28. The van der Waals surface area contributed by atoms with Gasteiger partial charge < -0.3 is 10.2 Å². The minimum Gasteiger partial charge on any atom is -0.371 e. The third kappa shape index (κ3) is 5.69. The molecule has 1 aliphatic heterocycles. The molecule has 33 heavy (non-hydrogen) atoms. The van der Waals surface area contributed by atoms with E-state index in [0.717, 1.165) is 37.9 Å². The molecule has 1 heterocycles. The zero-order valence-corrected chi connectivity index (χ0v) is 20.0. The highest BCUT2D eigenvalue weighted by Gasteiger charge is 2.24. The average Bonchev–Trinajstić information content (AvgIpc) is 2.82. The van der Waals surface area contributed by atoms with E-state index in [0.29, 0.717) is 5.69 Å². The maximum atomic E-state index is 13.0. The molecule has 3 rings (SSSR count). The summed E-state index contributed by atoms with van der Waals surface area (Å²) in [7, 11) is -2.05. The summed E-state index contributed by atoms with van der Waals surface area (Å²) in [5, 5.41) is 14.1. The second kappa shape index (κ2) is 10.3. The Balaban J connectivity index is 1.76. The molecule has 0 radical (unpaired) electrons. The Kier molecular flexibility index (Phi) is 7.70. The van der Waals surface area contributed by atoms with E-state index in [2.05, 4.69) is 10.2 Å². The van der Waals surface area contributed by atoms with Crippen LogP contribution in [0.3, 0.4) is 0 Å². The average molecular weight is 475 g/mol. The molecule has 1 amide bonds. The van der Waals surface area contributed by atoms with Crippen molar-refractivity contribution < 1.29 is 18.1 Å². The van der Waals surface area contributed by atoms with E-state index in [1.807, 2.05) is 0 Å². The normalized spacial score (nSPS) is 14.5. The molecular formula is C23H30N4O5S. The smallest absolute Gasteiger partial charge is 0.270 e. The fraction of sp³-hybridized carbons (Fsp3) is 0.435. The topological polar surface area (TPSA) is 113 Å². The number of hydrogen-bond acceptors (Lipinski definition) is 6. The summed E-state index contributed by atoms with van der Waals surface area (Å²) in [6.45, 7) is 5.38. The lowest BCUT2D eigenvalue weighted by Gasteiger charge is -2.30. The Labute approximate surface area is 194 Å². The van der Waals surface area contributed by atoms with E-state index in [-0.39, 0.29) is 28.7 Å². The van der Waals surface area contributed by atoms with Gasteiger partial charge in [-0.05, 0) is 56.9 Å². The number of nitro benzene ring substituents is 1. The molecule has 0 bridgehead atoms. The van der Waals surface area contributed by atoms with Crippen LogP contribution >= 0.6 is 0 Å². The van der Waals surface area contributed by atoms with Gasteiger partial charge in [0, 0.05) is 44.9 Å². The number of rotatable bonds is 8. The van der Waals surface area contributed by atoms with E-state index in [1.54, 1.807) is 32.0 Å². The Morgan fingerprint density at radius 1 is 1.12 bits per heavy atom. The number of non-ortho nitro benzene ring substituents is 1. The molecule has 0 spiro atoms. The van der Waals surface area contributed by atoms with Crippen LogP contribution in [0, 0.1) is 10.1 Å². The monoisotopic (exact) mass is 474 g/mol. The molecule has 9 nitrogen and oxygen atoms in total. The quantitative estimate of drug-likeness (QED) is 0.462. The van der Waals surface area contributed by atoms with Crippen LogP contribution in [0.2, 0.25) is 0 Å². The van der Waals surface area contributed by atoms with Gasteiger partial charge in [-0.15, -0.1) is 0 Å². The summed E-state index contributed by atoms with van der Waals surface area (Å²) in [4.78, 5) is 26.0. The van der Waals surface area contributed by atoms with Gasteiger partial charge >= 0.3 is 0 Å². The van der Waals surface area contributed by atoms with Gasteiger partial charge in [0.1, 0.15) is 0 Å². The van der Waals surface area contributed by atoms with Crippen molar-refractivity contribution in [1.82, 2.24) is 9.62 Å². The lowest BCUT2D eigenvalue weighted by atomic mass is 10.1. The molecule has 2 aromatic carbocycles. The van der Waals surface area contributed by atoms with Gasteiger partial charge in [-0.2, -0.15) is 4.31 Å². The number of amides is 1. The van der Waals surface area contributed by atoms with Crippen molar-refractivity contribution in [3.05, 3.63) is 63.7 Å². The van der Waals surface area contributed by atoms with Crippen LogP contribution in [0.4, 0.5) is 11.4 Å². The summed E-state index contributed by atoms with van der Waals surface area (Å²) in [6, 6.07) is 10.6. The number of nitro groups is 1. The largest absolute Gasteiger partial charge is 0.371 e. The number of carbonyl (C=O) groups is 1. The molecule has 178 valence electrons. The van der Waals surface area contributed by atoms with Crippen LogP contribution < -0.4 is 10.2 Å². The minimum absolute atomic E-state index is 0.134. The number of sulfonamides is 1. The number of nitrogens with one attached hydrogen (secondary N) is 1. The molecule has 1 saturated heterocycles. The van der Waals surface area contributed by atoms with Crippen molar-refractivity contribution in [3.8, 4) is 0 Å². The molecule has 0 aliphatic carbocycles. The SMILES string of the molecule is CC(C)N(C)S(=O)(=O)c1ccc(CNC(=O)c2cc([N+](=O)[O-])ccc2N2CCCCC2)cc1. The first-order valence-electron chi connectivity index (χ1n) is 11.0. The number of carbonyl (C=O) groups excluding carboxylic acids is 1. The molecular weight excluding hydrogens is 444 g/mol. The van der Waals surface area contributed by atoms with Gasteiger partial charge in [0.25, 0.3) is 11.6 Å². The first kappa shape index (κ1) is 24.7. The standard InChI is InChI=1S/C23H30N4O5S/c1-17(2)25(3)33(31,32)20-10-7-18(8-11-20)16-24-23(28)21-15-19(27(29)30)9-12-22(21)26-13-5-4-6-14-26/h7-12,15,17H,4-6,13-14,16H2,1-3H3,(H,24,28). The van der Waals surface area contributed by atoms with Crippen LogP contribution in [-0.4, -0.2) is 49.7 Å². The number of hydrogen-bond donors (Lipinski definition) is 1. The Bertz CT molecular complexity index is 1110. The summed E-state index contributed by atoms with van der Waals surface area (Å²) < 4.78 is 26.5. The van der Waals surface area contributed by atoms with Gasteiger partial charge in [0.15, 0.2) is 0 Å². The second-order valence-corrected chi connectivity index (χ2v) is 10.4. The molecule has 0 aromatic heterocycles. The first-order valence-corrected chi connectivity index (χ1v) is 12.4. The third-order valence-electron chi connectivity index (χ3n) is 5.91. The first-order chi connectivity index (χ1) is 15.6. The van der Waals surface area contributed by atoms with Gasteiger partial charge in [0.2, 0.25) is 10.0 Å². The molecule has 10 heteroatoms. The second-order valence-electron chi connectivity index (χ2n) is 8.45. The van der Waals surface area contributed by atoms with E-state index >= 15 is 0 Å². The number of benzene rings is 2. The maximum Gasteiger partial charge on any atom is 0.270 e. The summed E-state index contributed by atoms with van der Waals surface area (Å²) >= 11 is 0. The number of piperidine rings is 1. The molecule has 0 unspecified atom stereocenters. The van der Waals surface area contributed by atoms with E-state index in [4.69, 9.17) is 0 Å². The van der Waals surface area contributed by atoms with Crippen LogP contribution in [0.25, 0.3) is 0 Å². The predicted octanol–water partition coefficient (Wildman–Crippen LogP) is 3.54. The van der Waals surface area contributed by atoms with Crippen LogP contribution in [-0.2, 0) is 16.6 Å². The van der Waals surface area contributed by atoms with Crippen molar-refractivity contribution in [2.75, 3.05) is 25.0 Å². The van der Waals surface area contributed by atoms with Gasteiger partial charge in [0.05, 0.1) is 21.1 Å². The van der Waals surface area contributed by atoms with Gasteiger partial charge in [-0.1, -0.05) is 12.1 Å². The Morgan fingerprint density at radius 2 is 1.76 bits per heavy atom. The number of nitrogens with zero attached hydrogens (tertiary/aromatic N) is 3. The van der Waals surface area contributed by atoms with Crippen LogP contribution in [0.1, 0.15) is 49.0 Å². The van der Waals surface area contributed by atoms with E-state index in [9.17, 15) is 23.3 Å². The summed E-state index contributed by atoms with van der Waals surface area (Å²) in [6.07, 6.45) is 3.16. The van der Waals surface area contributed by atoms with Gasteiger partial charge in [-0.3, -0.25) is 14.9 Å². The van der Waals surface area contributed by atoms with Crippen molar-refractivity contribution in [1.29, 1.82) is 0 Å². The zero-order valence-electron chi connectivity index (χ0n) is 19.2.